The van der Waals surface area contributed by atoms with Gasteiger partial charge < -0.3 is 10.4 Å². The van der Waals surface area contributed by atoms with Crippen LogP contribution in [-0.4, -0.2) is 23.4 Å². The van der Waals surface area contributed by atoms with E-state index in [2.05, 4.69) is 17.4 Å². The summed E-state index contributed by atoms with van der Waals surface area (Å²) in [5, 5.41) is 12.2. The van der Waals surface area contributed by atoms with Crippen molar-refractivity contribution in [2.45, 2.75) is 19.3 Å². The van der Waals surface area contributed by atoms with Crippen LogP contribution in [0.25, 0.3) is 0 Å². The van der Waals surface area contributed by atoms with Crippen molar-refractivity contribution in [3.63, 3.8) is 0 Å². The number of unbranched alkanes of at least 4 members (excludes halogenated alkanes) is 1. The summed E-state index contributed by atoms with van der Waals surface area (Å²) < 4.78 is 0. The number of hydrogen-bond acceptors (Lipinski definition) is 3. The fourth-order valence-electron chi connectivity index (χ4n) is 2.34. The van der Waals surface area contributed by atoms with Gasteiger partial charge in [-0.1, -0.05) is 60.7 Å². The first kappa shape index (κ1) is 17.5. The van der Waals surface area contributed by atoms with Crippen molar-refractivity contribution in [2.75, 3.05) is 6.54 Å². The van der Waals surface area contributed by atoms with Crippen molar-refractivity contribution in [1.82, 2.24) is 5.32 Å². The Morgan fingerprint density at radius 1 is 0.917 bits per heavy atom. The van der Waals surface area contributed by atoms with Crippen LogP contribution in [0, 0.1) is 0 Å². The zero-order valence-electron chi connectivity index (χ0n) is 13.4. The molecule has 4 nitrogen and oxygen atoms in total. The minimum Gasteiger partial charge on any atom is -0.477 e. The van der Waals surface area contributed by atoms with E-state index in [0.29, 0.717) is 12.1 Å². The number of Topliss-reactive ketones (excluding diaryl/α,β-unsaturated/α-hetero) is 1. The van der Waals surface area contributed by atoms with Crippen LogP contribution in [0.15, 0.2) is 72.4 Å². The number of carboxylic acid groups (broad SMARTS) is 1. The molecule has 2 aromatic carbocycles. The molecular weight excluding hydrogens is 302 g/mol. The molecule has 0 heterocycles. The highest BCUT2D eigenvalue weighted by Crippen LogP contribution is 2.08. The first-order valence-electron chi connectivity index (χ1n) is 7.99. The number of ketones is 1. The van der Waals surface area contributed by atoms with E-state index in [1.54, 1.807) is 30.3 Å². The van der Waals surface area contributed by atoms with E-state index < -0.39 is 11.8 Å². The van der Waals surface area contributed by atoms with Gasteiger partial charge in [-0.05, 0) is 24.8 Å². The summed E-state index contributed by atoms with van der Waals surface area (Å²) in [6.45, 7) is 0.631. The lowest BCUT2D eigenvalue weighted by atomic mass is 10.0. The number of aliphatic carboxylic acids is 1. The first-order valence-corrected chi connectivity index (χ1v) is 7.99. The van der Waals surface area contributed by atoms with Gasteiger partial charge in [0.2, 0.25) is 5.78 Å². The van der Waals surface area contributed by atoms with Crippen LogP contribution < -0.4 is 5.32 Å². The number of aryl methyl sites for hydroxylation is 1. The van der Waals surface area contributed by atoms with Crippen molar-refractivity contribution >= 4 is 11.8 Å². The Kier molecular flexibility index (Phi) is 6.77. The summed E-state index contributed by atoms with van der Waals surface area (Å²) in [4.78, 5) is 23.5. The van der Waals surface area contributed by atoms with E-state index in [0.717, 1.165) is 19.3 Å². The molecular formula is C20H21NO3. The molecule has 0 saturated carbocycles. The predicted molar refractivity (Wildman–Crippen MR) is 93.9 cm³/mol. The van der Waals surface area contributed by atoms with Crippen LogP contribution in [0.4, 0.5) is 0 Å². The Labute approximate surface area is 141 Å². The normalized spacial score (nSPS) is 11.1. The summed E-state index contributed by atoms with van der Waals surface area (Å²) in [6.07, 6.45) is 4.19. The molecule has 0 spiro atoms. The van der Waals surface area contributed by atoms with Gasteiger partial charge in [0.25, 0.3) is 0 Å². The molecule has 124 valence electrons. The number of carbonyl (C=O) groups is 2. The fraction of sp³-hybridized carbons (Fsp3) is 0.200. The number of rotatable bonds is 9. The highest BCUT2D eigenvalue weighted by atomic mass is 16.4. The second kappa shape index (κ2) is 9.30. The second-order valence-electron chi connectivity index (χ2n) is 5.46. The van der Waals surface area contributed by atoms with Crippen molar-refractivity contribution in [1.29, 1.82) is 0 Å². The zero-order chi connectivity index (χ0) is 17.2. The standard InChI is InChI=1S/C20H21NO3/c22-19(17-12-5-2-6-13-17)18(20(23)24)15-21-14-8-7-11-16-9-3-1-4-10-16/h1-6,9-10,12-13,15,21H,7-8,11,14H2,(H,23,24). The van der Waals surface area contributed by atoms with Crippen LogP contribution in [0.5, 0.6) is 0 Å². The summed E-state index contributed by atoms with van der Waals surface area (Å²) in [7, 11) is 0. The quantitative estimate of drug-likeness (QED) is 0.244. The van der Waals surface area contributed by atoms with Gasteiger partial charge >= 0.3 is 5.97 Å². The molecule has 0 fully saturated rings. The lowest BCUT2D eigenvalue weighted by molar-refractivity contribution is -0.132. The molecule has 0 aliphatic rings. The second-order valence-corrected chi connectivity index (χ2v) is 5.46. The fourth-order valence-corrected chi connectivity index (χ4v) is 2.34. The smallest absolute Gasteiger partial charge is 0.341 e. The zero-order valence-corrected chi connectivity index (χ0v) is 13.4. The van der Waals surface area contributed by atoms with Gasteiger partial charge in [-0.25, -0.2) is 4.79 Å². The monoisotopic (exact) mass is 323 g/mol. The molecule has 0 aliphatic heterocycles. The van der Waals surface area contributed by atoms with E-state index in [4.69, 9.17) is 0 Å². The van der Waals surface area contributed by atoms with Crippen molar-refractivity contribution in [3.05, 3.63) is 83.6 Å². The van der Waals surface area contributed by atoms with E-state index in [1.165, 1.54) is 11.8 Å². The molecule has 0 aromatic heterocycles. The molecule has 0 unspecified atom stereocenters. The molecule has 0 aliphatic carbocycles. The lowest BCUT2D eigenvalue weighted by Crippen LogP contribution is -2.18. The van der Waals surface area contributed by atoms with Crippen molar-refractivity contribution < 1.29 is 14.7 Å². The van der Waals surface area contributed by atoms with E-state index in [1.807, 2.05) is 18.2 Å². The average Bonchev–Trinajstić information content (AvgIpc) is 2.62. The number of benzene rings is 2. The summed E-state index contributed by atoms with van der Waals surface area (Å²) in [5.74, 6) is -1.71. The van der Waals surface area contributed by atoms with Crippen LogP contribution >= 0.6 is 0 Å². The first-order chi connectivity index (χ1) is 11.7. The lowest BCUT2D eigenvalue weighted by Gasteiger charge is -2.05. The number of nitrogens with one attached hydrogen (secondary N) is 1. The van der Waals surface area contributed by atoms with Gasteiger partial charge in [-0.15, -0.1) is 0 Å². The Bertz CT molecular complexity index is 693. The van der Waals surface area contributed by atoms with Gasteiger partial charge in [-0.2, -0.15) is 0 Å². The SMILES string of the molecule is O=C(O)C(=CNCCCCc1ccccc1)C(=O)c1ccccc1. The topological polar surface area (TPSA) is 66.4 Å². The third kappa shape index (κ3) is 5.39. The maximum Gasteiger partial charge on any atom is 0.341 e. The van der Waals surface area contributed by atoms with Crippen molar-refractivity contribution in [2.24, 2.45) is 0 Å². The van der Waals surface area contributed by atoms with Crippen molar-refractivity contribution in [3.8, 4) is 0 Å². The Hall–Kier alpha value is -2.88. The molecule has 0 atom stereocenters. The molecule has 0 bridgehead atoms. The molecule has 4 heteroatoms. The predicted octanol–water partition coefficient (Wildman–Crippen LogP) is 3.45. The van der Waals surface area contributed by atoms with Crippen LogP contribution in [0.2, 0.25) is 0 Å². The van der Waals surface area contributed by atoms with Gasteiger partial charge in [0.05, 0.1) is 0 Å². The Morgan fingerprint density at radius 2 is 1.54 bits per heavy atom. The van der Waals surface area contributed by atoms with E-state index in [9.17, 15) is 14.7 Å². The Morgan fingerprint density at radius 3 is 2.17 bits per heavy atom. The van der Waals surface area contributed by atoms with Crippen LogP contribution in [0.3, 0.4) is 0 Å². The third-order valence-corrected chi connectivity index (χ3v) is 3.64. The molecule has 24 heavy (non-hydrogen) atoms. The minimum atomic E-state index is -1.22. The van der Waals surface area contributed by atoms with Gasteiger partial charge in [0, 0.05) is 18.3 Å². The molecule has 0 saturated heterocycles. The van der Waals surface area contributed by atoms with E-state index >= 15 is 0 Å². The maximum absolute atomic E-state index is 12.2. The Balaban J connectivity index is 1.81. The van der Waals surface area contributed by atoms with Crippen LogP contribution in [0.1, 0.15) is 28.8 Å². The number of hydrogen-bond donors (Lipinski definition) is 2. The highest BCUT2D eigenvalue weighted by Gasteiger charge is 2.18. The maximum atomic E-state index is 12.2. The molecule has 2 N–H and O–H groups in total. The number of carboxylic acids is 1. The largest absolute Gasteiger partial charge is 0.477 e. The third-order valence-electron chi connectivity index (χ3n) is 3.64. The summed E-state index contributed by atoms with van der Waals surface area (Å²) >= 11 is 0. The molecule has 2 rings (SSSR count). The molecule has 0 radical (unpaired) electrons. The summed E-state index contributed by atoms with van der Waals surface area (Å²) in [5.41, 5.74) is 1.42. The molecule has 2 aromatic rings. The average molecular weight is 323 g/mol. The van der Waals surface area contributed by atoms with E-state index in [-0.39, 0.29) is 5.57 Å². The van der Waals surface area contributed by atoms with Gasteiger partial charge in [0.15, 0.2) is 0 Å². The minimum absolute atomic E-state index is 0.246. The molecule has 0 amide bonds. The van der Waals surface area contributed by atoms with Crippen LogP contribution in [-0.2, 0) is 11.2 Å². The number of carbonyl (C=O) groups excluding carboxylic acids is 1. The summed E-state index contributed by atoms with van der Waals surface area (Å²) in [6, 6.07) is 18.6. The van der Waals surface area contributed by atoms with Gasteiger partial charge in [-0.3, -0.25) is 4.79 Å². The van der Waals surface area contributed by atoms with Gasteiger partial charge in [0.1, 0.15) is 5.57 Å². The highest BCUT2D eigenvalue weighted by molar-refractivity contribution is 6.23.